The Bertz CT molecular complexity index is 874. The summed E-state index contributed by atoms with van der Waals surface area (Å²) in [6.07, 6.45) is -2.94. The van der Waals surface area contributed by atoms with Crippen LogP contribution in [0.3, 0.4) is 0 Å². The lowest BCUT2D eigenvalue weighted by Crippen LogP contribution is -2.48. The third-order valence-electron chi connectivity index (χ3n) is 3.77. The third-order valence-corrected chi connectivity index (χ3v) is 3.77. The highest BCUT2D eigenvalue weighted by Gasteiger charge is 2.35. The van der Waals surface area contributed by atoms with E-state index in [1.807, 2.05) is 0 Å². The van der Waals surface area contributed by atoms with Gasteiger partial charge in [0.2, 0.25) is 0 Å². The molecule has 1 aliphatic heterocycles. The zero-order valence-corrected chi connectivity index (χ0v) is 13.2. The molecular weight excluding hydrogens is 361 g/mol. The van der Waals surface area contributed by atoms with Crippen LogP contribution in [0.2, 0.25) is 0 Å². The number of carbonyl (C=O) groups is 1. The molecule has 1 aromatic carbocycles. The van der Waals surface area contributed by atoms with Crippen molar-refractivity contribution in [3.05, 3.63) is 41.7 Å². The summed E-state index contributed by atoms with van der Waals surface area (Å²) in [5, 5.41) is 9.64. The van der Waals surface area contributed by atoms with E-state index < -0.39 is 30.4 Å². The summed E-state index contributed by atoms with van der Waals surface area (Å²) >= 11 is 0. The van der Waals surface area contributed by atoms with E-state index >= 15 is 0 Å². The molecule has 1 aromatic heterocycles. The number of alkyl halides is 5. The Balaban J connectivity index is 2.08. The number of carbonyl (C=O) groups excluding carboxylic acids is 1. The zero-order valence-electron chi connectivity index (χ0n) is 13.2. The maximum absolute atomic E-state index is 13.5. The predicted octanol–water partition coefficient (Wildman–Crippen LogP) is 3.37. The smallest absolute Gasteiger partial charge is 0.328 e. The van der Waals surface area contributed by atoms with Gasteiger partial charge < -0.3 is 5.32 Å². The van der Waals surface area contributed by atoms with Gasteiger partial charge in [0.15, 0.2) is 0 Å². The number of benzene rings is 1. The van der Waals surface area contributed by atoms with Gasteiger partial charge in [0.05, 0.1) is 23.5 Å². The normalized spacial score (nSPS) is 17.7. The lowest BCUT2D eigenvalue weighted by molar-refractivity contribution is -0.137. The first kappa shape index (κ1) is 17.8. The maximum atomic E-state index is 13.5. The van der Waals surface area contributed by atoms with Crippen LogP contribution in [0.15, 0.2) is 35.7 Å². The molecule has 0 radical (unpaired) electrons. The van der Waals surface area contributed by atoms with Crippen LogP contribution in [0.25, 0.3) is 11.1 Å². The summed E-state index contributed by atoms with van der Waals surface area (Å²) in [6, 6.07) is 2.24. The largest absolute Gasteiger partial charge is 0.417 e. The van der Waals surface area contributed by atoms with Gasteiger partial charge >= 0.3 is 18.8 Å². The van der Waals surface area contributed by atoms with Crippen molar-refractivity contribution in [2.45, 2.75) is 25.7 Å². The van der Waals surface area contributed by atoms with Gasteiger partial charge in [-0.25, -0.2) is 14.9 Å². The summed E-state index contributed by atoms with van der Waals surface area (Å²) < 4.78 is 66.1. The van der Waals surface area contributed by atoms with Gasteiger partial charge in [0.1, 0.15) is 0 Å². The Morgan fingerprint density at radius 2 is 1.96 bits per heavy atom. The Morgan fingerprint density at radius 1 is 1.23 bits per heavy atom. The fraction of sp³-hybridized carbons (Fsp3) is 0.267. The monoisotopic (exact) mass is 373 g/mol. The number of nitrogens with one attached hydrogen (secondary N) is 2. The number of nitrogens with zero attached hydrogens (tertiary/aromatic N) is 3. The Morgan fingerprint density at radius 3 is 2.54 bits per heavy atom. The van der Waals surface area contributed by atoms with Crippen LogP contribution < -0.4 is 10.7 Å². The van der Waals surface area contributed by atoms with Crippen LogP contribution >= 0.6 is 0 Å². The number of aromatic nitrogens is 2. The SMILES string of the molecule is C[C@@H]1NC(=O)NN=C1c1ccc(-c2cnn(C(F)F)c2)c(C(F)(F)F)c1. The van der Waals surface area contributed by atoms with E-state index in [-0.39, 0.29) is 27.1 Å². The zero-order chi connectivity index (χ0) is 19.1. The van der Waals surface area contributed by atoms with Crippen LogP contribution in [0.4, 0.5) is 26.7 Å². The standard InChI is InChI=1S/C15H12F5N5O/c1-7-12(23-24-14(26)22-7)8-2-3-10(11(4-8)15(18,19)20)9-5-21-25(6-9)13(16)17/h2-7,13H,1H3,(H2,22,24,26)/t7-/m0/s1. The number of hydrazone groups is 1. The molecule has 0 aliphatic carbocycles. The van der Waals surface area contributed by atoms with Crippen molar-refractivity contribution in [1.29, 1.82) is 0 Å². The van der Waals surface area contributed by atoms with E-state index in [0.717, 1.165) is 24.5 Å². The lowest BCUT2D eigenvalue weighted by atomic mass is 9.95. The molecule has 1 aliphatic rings. The van der Waals surface area contributed by atoms with Crippen molar-refractivity contribution in [2.24, 2.45) is 5.10 Å². The molecule has 0 fully saturated rings. The van der Waals surface area contributed by atoms with Crippen LogP contribution in [0.1, 0.15) is 24.6 Å². The van der Waals surface area contributed by atoms with Gasteiger partial charge in [0, 0.05) is 17.3 Å². The second-order valence-corrected chi connectivity index (χ2v) is 5.55. The molecule has 1 atom stereocenters. The summed E-state index contributed by atoms with van der Waals surface area (Å²) in [5.74, 6) is 0. The van der Waals surface area contributed by atoms with E-state index in [2.05, 4.69) is 20.9 Å². The molecule has 2 aromatic rings. The van der Waals surface area contributed by atoms with Crippen molar-refractivity contribution >= 4 is 11.7 Å². The number of urea groups is 1. The van der Waals surface area contributed by atoms with Gasteiger partial charge in [-0.3, -0.25) is 0 Å². The average molecular weight is 373 g/mol. The molecule has 2 N–H and O–H groups in total. The van der Waals surface area contributed by atoms with Gasteiger partial charge in [-0.1, -0.05) is 12.1 Å². The highest BCUT2D eigenvalue weighted by molar-refractivity contribution is 6.07. The number of halogens is 5. The number of amides is 2. The molecule has 138 valence electrons. The van der Waals surface area contributed by atoms with Crippen LogP contribution in [0.5, 0.6) is 0 Å². The first-order chi connectivity index (χ1) is 12.2. The minimum atomic E-state index is -4.73. The minimum absolute atomic E-state index is 0.0887. The summed E-state index contributed by atoms with van der Waals surface area (Å²) in [6.45, 7) is -1.38. The van der Waals surface area contributed by atoms with Gasteiger partial charge in [-0.2, -0.15) is 32.2 Å². The van der Waals surface area contributed by atoms with Crippen LogP contribution in [0, 0.1) is 0 Å². The van der Waals surface area contributed by atoms with Crippen LogP contribution in [-0.2, 0) is 6.18 Å². The Hall–Kier alpha value is -2.98. The van der Waals surface area contributed by atoms with E-state index in [0.29, 0.717) is 0 Å². The molecule has 2 heterocycles. The molecule has 11 heteroatoms. The Labute approximate surface area is 143 Å². The van der Waals surface area contributed by atoms with Crippen molar-refractivity contribution in [2.75, 3.05) is 0 Å². The predicted molar refractivity (Wildman–Crippen MR) is 81.6 cm³/mol. The number of hydrogen-bond acceptors (Lipinski definition) is 3. The van der Waals surface area contributed by atoms with Crippen molar-refractivity contribution < 1.29 is 26.7 Å². The molecule has 6 nitrogen and oxygen atoms in total. The molecule has 3 rings (SSSR count). The second kappa shape index (κ2) is 6.39. The fourth-order valence-corrected chi connectivity index (χ4v) is 2.59. The quantitative estimate of drug-likeness (QED) is 0.810. The van der Waals surface area contributed by atoms with Crippen LogP contribution in [-0.4, -0.2) is 27.6 Å². The summed E-state index contributed by atoms with van der Waals surface area (Å²) in [5.41, 5.74) is 1.11. The van der Waals surface area contributed by atoms with E-state index in [1.54, 1.807) is 6.92 Å². The molecule has 0 saturated carbocycles. The number of hydrogen-bond donors (Lipinski definition) is 2. The molecular formula is C15H12F5N5O. The molecule has 0 bridgehead atoms. The fourth-order valence-electron chi connectivity index (χ4n) is 2.59. The third kappa shape index (κ3) is 3.37. The second-order valence-electron chi connectivity index (χ2n) is 5.55. The first-order valence-electron chi connectivity index (χ1n) is 7.35. The molecule has 0 unspecified atom stereocenters. The molecule has 26 heavy (non-hydrogen) atoms. The van der Waals surface area contributed by atoms with E-state index in [1.165, 1.54) is 6.07 Å². The molecule has 2 amide bonds. The Kier molecular flexibility index (Phi) is 4.38. The highest BCUT2D eigenvalue weighted by Crippen LogP contribution is 2.38. The van der Waals surface area contributed by atoms with E-state index in [4.69, 9.17) is 0 Å². The van der Waals surface area contributed by atoms with Crippen molar-refractivity contribution in [3.63, 3.8) is 0 Å². The first-order valence-corrected chi connectivity index (χ1v) is 7.35. The molecule has 0 spiro atoms. The van der Waals surface area contributed by atoms with E-state index in [9.17, 15) is 26.7 Å². The lowest BCUT2D eigenvalue weighted by Gasteiger charge is -2.22. The summed E-state index contributed by atoms with van der Waals surface area (Å²) in [7, 11) is 0. The number of rotatable bonds is 3. The van der Waals surface area contributed by atoms with Crippen molar-refractivity contribution in [1.82, 2.24) is 20.5 Å². The topological polar surface area (TPSA) is 71.3 Å². The van der Waals surface area contributed by atoms with Crippen molar-refractivity contribution in [3.8, 4) is 11.1 Å². The summed E-state index contributed by atoms with van der Waals surface area (Å²) in [4.78, 5) is 11.2. The minimum Gasteiger partial charge on any atom is -0.328 e. The average Bonchev–Trinajstić information content (AvgIpc) is 3.04. The molecule has 0 saturated heterocycles. The maximum Gasteiger partial charge on any atom is 0.417 e. The van der Waals surface area contributed by atoms with Gasteiger partial charge in [-0.05, 0) is 18.6 Å². The highest BCUT2D eigenvalue weighted by atomic mass is 19.4. The van der Waals surface area contributed by atoms with Gasteiger partial charge in [0.25, 0.3) is 0 Å². The van der Waals surface area contributed by atoms with Gasteiger partial charge in [-0.15, -0.1) is 0 Å².